The summed E-state index contributed by atoms with van der Waals surface area (Å²) >= 11 is 0. The molecule has 1 unspecified atom stereocenters. The third-order valence-electron chi connectivity index (χ3n) is 5.50. The van der Waals surface area contributed by atoms with Crippen LogP contribution in [0.4, 0.5) is 5.82 Å². The van der Waals surface area contributed by atoms with Gasteiger partial charge in [0, 0.05) is 18.0 Å². The van der Waals surface area contributed by atoms with Gasteiger partial charge in [-0.1, -0.05) is 43.2 Å². The van der Waals surface area contributed by atoms with Gasteiger partial charge in [0.05, 0.1) is 5.69 Å². The van der Waals surface area contributed by atoms with E-state index in [1.165, 1.54) is 18.4 Å². The summed E-state index contributed by atoms with van der Waals surface area (Å²) in [6.45, 7) is 0. The third kappa shape index (κ3) is 2.19. The minimum atomic E-state index is -0.296. The molecular weight excluding hydrogens is 298 g/mol. The van der Waals surface area contributed by atoms with Gasteiger partial charge in [0.1, 0.15) is 6.17 Å². The molecule has 0 spiro atoms. The number of nitrogens with zero attached hydrogens (tertiary/aromatic N) is 3. The molecule has 124 valence electrons. The molecule has 1 fully saturated rings. The molecule has 0 amide bonds. The van der Waals surface area contributed by atoms with Gasteiger partial charge in [-0.2, -0.15) is 4.99 Å². The molecule has 1 aliphatic heterocycles. The van der Waals surface area contributed by atoms with Crippen LogP contribution in [0.1, 0.15) is 48.7 Å². The molecule has 2 heterocycles. The van der Waals surface area contributed by atoms with Gasteiger partial charge in [0.2, 0.25) is 0 Å². The van der Waals surface area contributed by atoms with Gasteiger partial charge < -0.3 is 16.4 Å². The van der Waals surface area contributed by atoms with Crippen molar-refractivity contribution >= 4 is 11.8 Å². The molecule has 1 aromatic heterocycles. The largest absolute Gasteiger partial charge is 0.369 e. The molecule has 0 bridgehead atoms. The highest BCUT2D eigenvalue weighted by Gasteiger charge is 2.39. The predicted octanol–water partition coefficient (Wildman–Crippen LogP) is 2.79. The molecule has 1 aliphatic carbocycles. The van der Waals surface area contributed by atoms with Gasteiger partial charge >= 0.3 is 0 Å². The van der Waals surface area contributed by atoms with Crippen molar-refractivity contribution in [2.75, 3.05) is 7.05 Å². The lowest BCUT2D eigenvalue weighted by Crippen LogP contribution is -2.43. The van der Waals surface area contributed by atoms with Gasteiger partial charge in [0.25, 0.3) is 0 Å². The second-order valence-corrected chi connectivity index (χ2v) is 6.79. The Morgan fingerprint density at radius 1 is 1.08 bits per heavy atom. The fraction of sp³-hybridized carbons (Fsp3) is 0.368. The summed E-state index contributed by atoms with van der Waals surface area (Å²) in [7, 11) is 1.85. The summed E-state index contributed by atoms with van der Waals surface area (Å²) in [6.07, 6.45) is 4.39. The average Bonchev–Trinajstić information content (AvgIpc) is 3.11. The van der Waals surface area contributed by atoms with E-state index in [1.807, 2.05) is 7.05 Å². The van der Waals surface area contributed by atoms with E-state index in [1.54, 1.807) is 4.90 Å². The Morgan fingerprint density at radius 3 is 2.50 bits per heavy atom. The van der Waals surface area contributed by atoms with Crippen molar-refractivity contribution in [3.63, 3.8) is 0 Å². The lowest BCUT2D eigenvalue weighted by atomic mass is 9.75. The molecule has 1 saturated carbocycles. The molecule has 5 nitrogen and oxygen atoms in total. The van der Waals surface area contributed by atoms with Crippen LogP contribution in [0.3, 0.4) is 0 Å². The first-order valence-corrected chi connectivity index (χ1v) is 8.51. The Labute approximate surface area is 142 Å². The lowest BCUT2D eigenvalue weighted by Gasteiger charge is -2.33. The van der Waals surface area contributed by atoms with Crippen LogP contribution in [-0.4, -0.2) is 22.9 Å². The van der Waals surface area contributed by atoms with Gasteiger partial charge in [-0.05, 0) is 30.5 Å². The second-order valence-electron chi connectivity index (χ2n) is 6.79. The van der Waals surface area contributed by atoms with E-state index in [4.69, 9.17) is 16.5 Å². The van der Waals surface area contributed by atoms with Gasteiger partial charge in [-0.3, -0.25) is 0 Å². The van der Waals surface area contributed by atoms with Crippen LogP contribution in [0.2, 0.25) is 0 Å². The fourth-order valence-corrected chi connectivity index (χ4v) is 4.01. The Kier molecular flexibility index (Phi) is 3.53. The van der Waals surface area contributed by atoms with E-state index < -0.39 is 0 Å². The van der Waals surface area contributed by atoms with Crippen LogP contribution >= 0.6 is 0 Å². The maximum Gasteiger partial charge on any atom is 0.199 e. The van der Waals surface area contributed by atoms with Crippen molar-refractivity contribution in [1.82, 2.24) is 9.88 Å². The Hall–Kier alpha value is -2.40. The zero-order valence-electron chi connectivity index (χ0n) is 13.9. The Balaban J connectivity index is 1.84. The van der Waals surface area contributed by atoms with Crippen LogP contribution in [0, 0.1) is 0 Å². The molecule has 24 heavy (non-hydrogen) atoms. The molecule has 2 aliphatic rings. The minimum Gasteiger partial charge on any atom is -0.369 e. The Morgan fingerprint density at radius 2 is 1.79 bits per heavy atom. The van der Waals surface area contributed by atoms with E-state index in [9.17, 15) is 0 Å². The summed E-state index contributed by atoms with van der Waals surface area (Å²) in [5.74, 6) is 1.08. The summed E-state index contributed by atoms with van der Waals surface area (Å²) in [5, 5.41) is 0. The summed E-state index contributed by atoms with van der Waals surface area (Å²) in [6, 6.07) is 14.9. The highest BCUT2D eigenvalue weighted by atomic mass is 15.3. The molecule has 1 atom stereocenters. The van der Waals surface area contributed by atoms with Crippen LogP contribution in [0.5, 0.6) is 0 Å². The molecule has 4 rings (SSSR count). The van der Waals surface area contributed by atoms with E-state index in [0.29, 0.717) is 11.8 Å². The molecule has 1 aromatic carbocycles. The van der Waals surface area contributed by atoms with Crippen LogP contribution < -0.4 is 11.5 Å². The first-order chi connectivity index (χ1) is 11.6. The first-order valence-electron chi connectivity index (χ1n) is 8.51. The highest BCUT2D eigenvalue weighted by molar-refractivity contribution is 5.83. The normalized spacial score (nSPS) is 22.2. The molecule has 4 N–H and O–H groups in total. The maximum absolute atomic E-state index is 6.25. The van der Waals surface area contributed by atoms with Crippen molar-refractivity contribution in [3.05, 3.63) is 59.3 Å². The number of pyridine rings is 1. The maximum atomic E-state index is 6.25. The van der Waals surface area contributed by atoms with E-state index in [-0.39, 0.29) is 11.6 Å². The van der Waals surface area contributed by atoms with E-state index in [2.05, 4.69) is 47.5 Å². The number of benzene rings is 1. The van der Waals surface area contributed by atoms with E-state index in [0.717, 1.165) is 24.1 Å². The number of hydrogen-bond donors (Lipinski definition) is 2. The van der Waals surface area contributed by atoms with Crippen molar-refractivity contribution in [1.29, 1.82) is 0 Å². The topological polar surface area (TPSA) is 80.5 Å². The van der Waals surface area contributed by atoms with Crippen molar-refractivity contribution in [2.24, 2.45) is 16.5 Å². The highest BCUT2D eigenvalue weighted by Crippen LogP contribution is 2.46. The number of aromatic nitrogens is 1. The van der Waals surface area contributed by atoms with Gasteiger partial charge in [-0.15, -0.1) is 0 Å². The molecule has 2 aromatic rings. The van der Waals surface area contributed by atoms with Gasteiger partial charge in [0.15, 0.2) is 11.8 Å². The Bertz CT molecular complexity index is 778. The minimum absolute atomic E-state index is 0.0198. The number of guanidine groups is 1. The number of aliphatic imine (C=N–C) groups is 1. The zero-order chi connectivity index (χ0) is 16.7. The number of rotatable bonds is 2. The predicted molar refractivity (Wildman–Crippen MR) is 95.9 cm³/mol. The van der Waals surface area contributed by atoms with Crippen LogP contribution in [-0.2, 0) is 5.41 Å². The number of hydrogen-bond acceptors (Lipinski definition) is 5. The average molecular weight is 321 g/mol. The SMILES string of the molecule is CN1C(N)=Nc2nc(C3(c4ccccc4)CCCC3)ccc2C1N. The van der Waals surface area contributed by atoms with Gasteiger partial charge in [-0.25, -0.2) is 4.98 Å². The third-order valence-corrected chi connectivity index (χ3v) is 5.50. The zero-order valence-corrected chi connectivity index (χ0v) is 13.9. The molecular formula is C19H23N5. The quantitative estimate of drug-likeness (QED) is 0.891. The van der Waals surface area contributed by atoms with E-state index >= 15 is 0 Å². The van der Waals surface area contributed by atoms with Crippen molar-refractivity contribution < 1.29 is 0 Å². The second kappa shape index (κ2) is 5.60. The standard InChI is InChI=1S/C19H23N5/c1-24-16(20)14-9-10-15(22-17(14)23-18(24)21)19(11-5-6-12-19)13-7-3-2-4-8-13/h2-4,7-10,16H,5-6,11-12,20H2,1H3,(H2,21,22,23). The summed E-state index contributed by atoms with van der Waals surface area (Å²) in [5.41, 5.74) is 15.6. The van der Waals surface area contributed by atoms with Crippen molar-refractivity contribution in [3.8, 4) is 0 Å². The summed E-state index contributed by atoms with van der Waals surface area (Å²) in [4.78, 5) is 11.1. The molecule has 5 heteroatoms. The number of nitrogens with two attached hydrogens (primary N) is 2. The first kappa shape index (κ1) is 15.1. The monoisotopic (exact) mass is 321 g/mol. The summed E-state index contributed by atoms with van der Waals surface area (Å²) < 4.78 is 0. The van der Waals surface area contributed by atoms with Crippen LogP contribution in [0.15, 0.2) is 47.5 Å². The molecule has 0 saturated heterocycles. The fourth-order valence-electron chi connectivity index (χ4n) is 4.01. The van der Waals surface area contributed by atoms with Crippen LogP contribution in [0.25, 0.3) is 0 Å². The lowest BCUT2D eigenvalue weighted by molar-refractivity contribution is 0.373. The number of fused-ring (bicyclic) bond motifs is 1. The molecule has 0 radical (unpaired) electrons. The van der Waals surface area contributed by atoms with Crippen molar-refractivity contribution in [2.45, 2.75) is 37.3 Å². The smallest absolute Gasteiger partial charge is 0.199 e.